The lowest BCUT2D eigenvalue weighted by Crippen LogP contribution is -2.39. The van der Waals surface area contributed by atoms with Gasteiger partial charge in [-0.15, -0.1) is 0 Å². The highest BCUT2D eigenvalue weighted by atomic mass is 35.5. The van der Waals surface area contributed by atoms with Gasteiger partial charge in [0.15, 0.2) is 0 Å². The zero-order valence-electron chi connectivity index (χ0n) is 12.5. The summed E-state index contributed by atoms with van der Waals surface area (Å²) in [6, 6.07) is 0. The topological polar surface area (TPSA) is 83.4 Å². The van der Waals surface area contributed by atoms with Crippen LogP contribution in [0.2, 0.25) is 5.28 Å². The zero-order valence-corrected chi connectivity index (χ0v) is 13.2. The Kier molecular flexibility index (Phi) is 5.55. The summed E-state index contributed by atoms with van der Waals surface area (Å²) in [4.78, 5) is 14.8. The van der Waals surface area contributed by atoms with Gasteiger partial charge in [0.25, 0.3) is 0 Å². The predicted octanol–water partition coefficient (Wildman–Crippen LogP) is 1.32. The molecular weight excluding hydrogens is 294 g/mol. The molecule has 1 aromatic heterocycles. The number of aliphatic hydroxyl groups is 1. The molecule has 2 heterocycles. The quantitative estimate of drug-likeness (QED) is 0.819. The van der Waals surface area contributed by atoms with Crippen molar-refractivity contribution < 1.29 is 9.84 Å². The van der Waals surface area contributed by atoms with Crippen LogP contribution >= 0.6 is 11.6 Å². The zero-order chi connectivity index (χ0) is 15.3. The molecule has 2 N–H and O–H groups in total. The van der Waals surface area contributed by atoms with Crippen molar-refractivity contribution in [2.24, 2.45) is 0 Å². The summed E-state index contributed by atoms with van der Waals surface area (Å²) in [5.41, 5.74) is -0.276. The van der Waals surface area contributed by atoms with Gasteiger partial charge in [-0.3, -0.25) is 0 Å². The molecule has 21 heavy (non-hydrogen) atoms. The molecule has 0 amide bonds. The van der Waals surface area contributed by atoms with E-state index in [4.69, 9.17) is 16.3 Å². The van der Waals surface area contributed by atoms with Crippen molar-refractivity contribution >= 4 is 23.5 Å². The highest BCUT2D eigenvalue weighted by Gasteiger charge is 2.24. The lowest BCUT2D eigenvalue weighted by molar-refractivity contribution is 0.122. The Hall–Kier alpha value is -1.18. The lowest BCUT2D eigenvalue weighted by atomic mass is 9.95. The lowest BCUT2D eigenvalue weighted by Gasteiger charge is -2.30. The summed E-state index contributed by atoms with van der Waals surface area (Å²) < 4.78 is 5.32. The van der Waals surface area contributed by atoms with Gasteiger partial charge >= 0.3 is 0 Å². The Morgan fingerprint density at radius 2 is 2.05 bits per heavy atom. The van der Waals surface area contributed by atoms with E-state index < -0.39 is 0 Å². The van der Waals surface area contributed by atoms with Crippen molar-refractivity contribution in [3.8, 4) is 0 Å². The molecule has 0 bridgehead atoms. The minimum atomic E-state index is -0.276. The Bertz CT molecular complexity index is 470. The minimum Gasteiger partial charge on any atom is -0.396 e. The van der Waals surface area contributed by atoms with E-state index in [2.05, 4.69) is 20.3 Å². The van der Waals surface area contributed by atoms with Gasteiger partial charge in [-0.2, -0.15) is 15.0 Å². The fourth-order valence-electron chi connectivity index (χ4n) is 2.14. The summed E-state index contributed by atoms with van der Waals surface area (Å²) in [6.45, 7) is 6.96. The predicted molar refractivity (Wildman–Crippen MR) is 81.9 cm³/mol. The van der Waals surface area contributed by atoms with Crippen LogP contribution in [0.25, 0.3) is 0 Å². The second kappa shape index (κ2) is 7.20. The third-order valence-electron chi connectivity index (χ3n) is 3.75. The second-order valence-electron chi connectivity index (χ2n) is 5.34. The van der Waals surface area contributed by atoms with E-state index in [9.17, 15) is 5.11 Å². The van der Waals surface area contributed by atoms with Gasteiger partial charge in [0.2, 0.25) is 17.2 Å². The number of hydrogen-bond donors (Lipinski definition) is 2. The highest BCUT2D eigenvalue weighted by molar-refractivity contribution is 6.28. The summed E-state index contributed by atoms with van der Waals surface area (Å²) in [5, 5.41) is 12.6. The number of aromatic nitrogens is 3. The number of halogens is 1. The van der Waals surface area contributed by atoms with E-state index >= 15 is 0 Å². The van der Waals surface area contributed by atoms with Crippen LogP contribution in [0.5, 0.6) is 0 Å². The first-order chi connectivity index (χ1) is 10.1. The van der Waals surface area contributed by atoms with Crippen molar-refractivity contribution in [2.45, 2.75) is 32.2 Å². The average molecular weight is 316 g/mol. The van der Waals surface area contributed by atoms with E-state index in [1.807, 2.05) is 18.7 Å². The van der Waals surface area contributed by atoms with Crippen molar-refractivity contribution in [3.05, 3.63) is 5.28 Å². The van der Waals surface area contributed by atoms with Crippen LogP contribution in [-0.4, -0.2) is 58.5 Å². The molecule has 0 aromatic carbocycles. The molecule has 2 rings (SSSR count). The third kappa shape index (κ3) is 4.39. The van der Waals surface area contributed by atoms with Gasteiger partial charge in [0, 0.05) is 25.2 Å². The molecule has 1 fully saturated rings. The molecule has 1 aliphatic rings. The van der Waals surface area contributed by atoms with Crippen molar-refractivity contribution in [1.82, 2.24) is 15.0 Å². The number of rotatable bonds is 6. The van der Waals surface area contributed by atoms with Crippen LogP contribution in [-0.2, 0) is 4.74 Å². The molecule has 0 saturated carbocycles. The highest BCUT2D eigenvalue weighted by Crippen LogP contribution is 2.22. The molecule has 8 heteroatoms. The van der Waals surface area contributed by atoms with Gasteiger partial charge in [0.05, 0.1) is 13.2 Å². The van der Waals surface area contributed by atoms with Crippen LogP contribution in [0.15, 0.2) is 0 Å². The molecule has 0 aliphatic carbocycles. The molecule has 1 atom stereocenters. The molecule has 0 radical (unpaired) electrons. The monoisotopic (exact) mass is 315 g/mol. The summed E-state index contributed by atoms with van der Waals surface area (Å²) in [5.74, 6) is 0.998. The van der Waals surface area contributed by atoms with Gasteiger partial charge in [0.1, 0.15) is 0 Å². The van der Waals surface area contributed by atoms with Crippen LogP contribution < -0.4 is 10.2 Å². The average Bonchev–Trinajstić information content (AvgIpc) is 2.48. The van der Waals surface area contributed by atoms with Gasteiger partial charge < -0.3 is 20.1 Å². The molecule has 1 aromatic rings. The van der Waals surface area contributed by atoms with Crippen LogP contribution in [0.4, 0.5) is 11.9 Å². The largest absolute Gasteiger partial charge is 0.396 e. The molecule has 1 saturated heterocycles. The van der Waals surface area contributed by atoms with E-state index in [1.54, 1.807) is 0 Å². The fourth-order valence-corrected chi connectivity index (χ4v) is 2.30. The summed E-state index contributed by atoms with van der Waals surface area (Å²) in [7, 11) is 0. The molecular formula is C13H22ClN5O2. The third-order valence-corrected chi connectivity index (χ3v) is 3.92. The number of anilines is 2. The normalized spacial score (nSPS) is 18.4. The molecule has 1 aliphatic heterocycles. The number of hydrogen-bond acceptors (Lipinski definition) is 7. The van der Waals surface area contributed by atoms with Crippen molar-refractivity contribution in [1.29, 1.82) is 0 Å². The molecule has 7 nitrogen and oxygen atoms in total. The Labute approximate surface area is 129 Å². The van der Waals surface area contributed by atoms with E-state index in [-0.39, 0.29) is 17.4 Å². The van der Waals surface area contributed by atoms with Gasteiger partial charge in [-0.05, 0) is 31.4 Å². The van der Waals surface area contributed by atoms with Crippen LogP contribution in [0.1, 0.15) is 26.7 Å². The maximum atomic E-state index is 9.18. The maximum Gasteiger partial charge on any atom is 0.231 e. The SMILES string of the molecule is CCC(C)(CCO)Nc1nc(Cl)nc(N2CCOCC2)n1. The molecule has 1 unspecified atom stereocenters. The molecule has 118 valence electrons. The van der Waals surface area contributed by atoms with Crippen LogP contribution in [0, 0.1) is 0 Å². The smallest absolute Gasteiger partial charge is 0.231 e. The Balaban J connectivity index is 2.17. The molecule has 0 spiro atoms. The number of nitrogens with one attached hydrogen (secondary N) is 1. The summed E-state index contributed by atoms with van der Waals surface area (Å²) in [6.07, 6.45) is 1.45. The Morgan fingerprint density at radius 1 is 1.33 bits per heavy atom. The maximum absolute atomic E-state index is 9.18. The van der Waals surface area contributed by atoms with Crippen LogP contribution in [0.3, 0.4) is 0 Å². The number of nitrogens with zero attached hydrogens (tertiary/aromatic N) is 4. The number of aliphatic hydroxyl groups excluding tert-OH is 1. The minimum absolute atomic E-state index is 0.104. The van der Waals surface area contributed by atoms with Crippen molar-refractivity contribution in [2.75, 3.05) is 43.1 Å². The first-order valence-electron chi connectivity index (χ1n) is 7.19. The number of morpholine rings is 1. The second-order valence-corrected chi connectivity index (χ2v) is 5.68. The Morgan fingerprint density at radius 3 is 2.67 bits per heavy atom. The van der Waals surface area contributed by atoms with Gasteiger partial charge in [-0.1, -0.05) is 6.92 Å². The summed E-state index contributed by atoms with van der Waals surface area (Å²) >= 11 is 6.01. The van der Waals surface area contributed by atoms with Crippen molar-refractivity contribution in [3.63, 3.8) is 0 Å². The fraction of sp³-hybridized carbons (Fsp3) is 0.769. The van der Waals surface area contributed by atoms with E-state index in [0.29, 0.717) is 31.5 Å². The first kappa shape index (κ1) is 16.2. The van der Waals surface area contributed by atoms with E-state index in [0.717, 1.165) is 19.5 Å². The first-order valence-corrected chi connectivity index (χ1v) is 7.57. The van der Waals surface area contributed by atoms with E-state index in [1.165, 1.54) is 0 Å². The number of ether oxygens (including phenoxy) is 1. The standard InChI is InChI=1S/C13H22ClN5O2/c1-3-13(2,4-7-20)18-11-15-10(14)16-12(17-11)19-5-8-21-9-6-19/h20H,3-9H2,1-2H3,(H,15,16,17,18). The van der Waals surface area contributed by atoms with Gasteiger partial charge in [-0.25, -0.2) is 0 Å².